The molecule has 0 N–H and O–H groups in total. The molecular weight excluding hydrogens is 226 g/mol. The number of hydrogen-bond donors (Lipinski definition) is 0. The van der Waals surface area contributed by atoms with Crippen LogP contribution in [0.4, 0.5) is 5.95 Å². The third kappa shape index (κ3) is 1.59. The molecule has 0 aliphatic rings. The van der Waals surface area contributed by atoms with Gasteiger partial charge in [0.15, 0.2) is 0 Å². The van der Waals surface area contributed by atoms with Crippen molar-refractivity contribution in [2.75, 3.05) is 0 Å². The Hall–Kier alpha value is -2.78. The van der Waals surface area contributed by atoms with Crippen LogP contribution in [-0.2, 0) is 0 Å². The van der Waals surface area contributed by atoms with Crippen LogP contribution in [0.5, 0.6) is 0 Å². The Labute approximate surface area is 103 Å². The Morgan fingerprint density at radius 1 is 1.00 bits per heavy atom. The number of imidazole rings is 1. The summed E-state index contributed by atoms with van der Waals surface area (Å²) in [6.07, 6.45) is 0. The Bertz CT molecular complexity index is 738. The van der Waals surface area contributed by atoms with E-state index in [0.29, 0.717) is 5.95 Å². The van der Waals surface area contributed by atoms with E-state index < -0.39 is 0 Å². The second-order valence-corrected chi connectivity index (χ2v) is 3.76. The summed E-state index contributed by atoms with van der Waals surface area (Å²) in [5.41, 5.74) is 11.3. The number of aromatic nitrogens is 2. The Morgan fingerprint density at radius 2 is 1.72 bits per heavy atom. The minimum Gasteiger partial charge on any atom is -0.291 e. The smallest absolute Gasteiger partial charge is 0.202 e. The van der Waals surface area contributed by atoms with Gasteiger partial charge >= 0.3 is 0 Å². The molecule has 2 aromatic carbocycles. The summed E-state index contributed by atoms with van der Waals surface area (Å²) in [6.45, 7) is 0. The van der Waals surface area contributed by atoms with Crippen LogP contribution >= 0.6 is 0 Å². The predicted octanol–water partition coefficient (Wildman–Crippen LogP) is 3.97. The molecule has 0 amide bonds. The van der Waals surface area contributed by atoms with Gasteiger partial charge in [0.2, 0.25) is 5.95 Å². The molecule has 0 unspecified atom stereocenters. The van der Waals surface area contributed by atoms with Crippen molar-refractivity contribution >= 4 is 17.0 Å². The fourth-order valence-electron chi connectivity index (χ4n) is 1.95. The summed E-state index contributed by atoms with van der Waals surface area (Å²) >= 11 is 0. The van der Waals surface area contributed by atoms with Crippen LogP contribution in [0.1, 0.15) is 0 Å². The molecule has 0 spiro atoms. The third-order valence-corrected chi connectivity index (χ3v) is 2.69. The maximum absolute atomic E-state index is 8.62. The average Bonchev–Trinajstić information content (AvgIpc) is 2.78. The van der Waals surface area contributed by atoms with Crippen molar-refractivity contribution in [2.24, 2.45) is 5.11 Å². The van der Waals surface area contributed by atoms with E-state index in [-0.39, 0.29) is 0 Å². The van der Waals surface area contributed by atoms with Gasteiger partial charge in [-0.05, 0) is 34.9 Å². The van der Waals surface area contributed by atoms with Crippen LogP contribution in [0.2, 0.25) is 0 Å². The minimum atomic E-state index is 0.352. The lowest BCUT2D eigenvalue weighted by Crippen LogP contribution is -1.92. The summed E-state index contributed by atoms with van der Waals surface area (Å²) in [5, 5.41) is 3.65. The second-order valence-electron chi connectivity index (χ2n) is 3.76. The molecule has 18 heavy (non-hydrogen) atoms. The highest BCUT2D eigenvalue weighted by atomic mass is 15.3. The highest BCUT2D eigenvalue weighted by molar-refractivity contribution is 5.80. The molecule has 0 aliphatic heterocycles. The van der Waals surface area contributed by atoms with E-state index in [0.717, 1.165) is 16.7 Å². The van der Waals surface area contributed by atoms with Gasteiger partial charge in [0.05, 0.1) is 11.0 Å². The quantitative estimate of drug-likeness (QED) is 0.376. The Balaban J connectivity index is 2.38. The van der Waals surface area contributed by atoms with Gasteiger partial charge in [0.1, 0.15) is 0 Å². The van der Waals surface area contributed by atoms with Crippen LogP contribution in [0.15, 0.2) is 59.7 Å². The predicted molar refractivity (Wildman–Crippen MR) is 69.9 cm³/mol. The summed E-state index contributed by atoms with van der Waals surface area (Å²) in [4.78, 5) is 7.15. The molecule has 0 fully saturated rings. The van der Waals surface area contributed by atoms with Crippen molar-refractivity contribution in [1.82, 2.24) is 9.55 Å². The molecule has 1 heterocycles. The lowest BCUT2D eigenvalue weighted by Gasteiger charge is -2.05. The number of rotatable bonds is 2. The normalized spacial score (nSPS) is 10.2. The molecule has 1 aromatic heterocycles. The van der Waals surface area contributed by atoms with Gasteiger partial charge in [-0.25, -0.2) is 4.98 Å². The lowest BCUT2D eigenvalue weighted by molar-refractivity contribution is 1.07. The molecule has 0 aliphatic carbocycles. The van der Waals surface area contributed by atoms with Crippen LogP contribution < -0.4 is 0 Å². The van der Waals surface area contributed by atoms with E-state index in [1.165, 1.54) is 0 Å². The minimum absolute atomic E-state index is 0.352. The van der Waals surface area contributed by atoms with Crippen molar-refractivity contribution in [3.8, 4) is 5.69 Å². The molecule has 0 saturated carbocycles. The monoisotopic (exact) mass is 235 g/mol. The Kier molecular flexibility index (Phi) is 2.44. The summed E-state index contributed by atoms with van der Waals surface area (Å²) in [7, 11) is 0. The number of para-hydroxylation sites is 3. The van der Waals surface area contributed by atoms with E-state index >= 15 is 0 Å². The molecule has 3 aromatic rings. The first-order chi connectivity index (χ1) is 8.90. The fourth-order valence-corrected chi connectivity index (χ4v) is 1.95. The van der Waals surface area contributed by atoms with E-state index in [4.69, 9.17) is 5.53 Å². The van der Waals surface area contributed by atoms with Crippen molar-refractivity contribution in [1.29, 1.82) is 0 Å². The van der Waals surface area contributed by atoms with E-state index in [1.54, 1.807) is 0 Å². The average molecular weight is 235 g/mol. The molecule has 86 valence electrons. The molecule has 5 nitrogen and oxygen atoms in total. The zero-order valence-corrected chi connectivity index (χ0v) is 9.43. The van der Waals surface area contributed by atoms with Gasteiger partial charge in [-0.15, -0.1) is 0 Å². The largest absolute Gasteiger partial charge is 0.291 e. The maximum Gasteiger partial charge on any atom is 0.202 e. The van der Waals surface area contributed by atoms with Crippen LogP contribution in [0, 0.1) is 0 Å². The van der Waals surface area contributed by atoms with Crippen molar-refractivity contribution in [3.05, 3.63) is 65.0 Å². The molecule has 0 bridgehead atoms. The summed E-state index contributed by atoms with van der Waals surface area (Å²) in [5.74, 6) is 0.352. The van der Waals surface area contributed by atoms with Crippen LogP contribution in [0.3, 0.4) is 0 Å². The topological polar surface area (TPSA) is 66.6 Å². The summed E-state index contributed by atoms with van der Waals surface area (Å²) in [6, 6.07) is 17.4. The standard InChI is InChI=1S/C13H9N5/c14-17-16-13-15-11-8-4-5-9-12(11)18(13)10-6-2-1-3-7-10/h1-9H. The number of fused-ring (bicyclic) bond motifs is 1. The van der Waals surface area contributed by atoms with Gasteiger partial charge in [-0.3, -0.25) is 4.57 Å². The highest BCUT2D eigenvalue weighted by Crippen LogP contribution is 2.26. The van der Waals surface area contributed by atoms with E-state index in [1.807, 2.05) is 59.2 Å². The van der Waals surface area contributed by atoms with Gasteiger partial charge < -0.3 is 0 Å². The van der Waals surface area contributed by atoms with Gasteiger partial charge in [0.25, 0.3) is 0 Å². The number of nitrogens with zero attached hydrogens (tertiary/aromatic N) is 5. The van der Waals surface area contributed by atoms with Gasteiger partial charge in [-0.1, -0.05) is 30.3 Å². The zero-order valence-electron chi connectivity index (χ0n) is 9.43. The Morgan fingerprint density at radius 3 is 2.50 bits per heavy atom. The van der Waals surface area contributed by atoms with Crippen molar-refractivity contribution in [2.45, 2.75) is 0 Å². The van der Waals surface area contributed by atoms with Crippen molar-refractivity contribution < 1.29 is 0 Å². The number of benzene rings is 2. The lowest BCUT2D eigenvalue weighted by atomic mass is 10.3. The zero-order chi connectivity index (χ0) is 12.4. The SMILES string of the molecule is [N-]=[N+]=Nc1nc2ccccc2n1-c1ccccc1. The molecule has 5 heteroatoms. The fraction of sp³-hybridized carbons (Fsp3) is 0. The van der Waals surface area contributed by atoms with Crippen LogP contribution in [-0.4, -0.2) is 9.55 Å². The number of hydrogen-bond acceptors (Lipinski definition) is 2. The second kappa shape index (κ2) is 4.24. The van der Waals surface area contributed by atoms with Gasteiger partial charge in [0, 0.05) is 10.6 Å². The van der Waals surface area contributed by atoms with Crippen molar-refractivity contribution in [3.63, 3.8) is 0 Å². The van der Waals surface area contributed by atoms with E-state index in [2.05, 4.69) is 15.0 Å². The molecule has 0 atom stereocenters. The molecular formula is C13H9N5. The maximum atomic E-state index is 8.62. The first-order valence-electron chi connectivity index (χ1n) is 5.48. The first-order valence-corrected chi connectivity index (χ1v) is 5.48. The molecule has 3 rings (SSSR count). The first kappa shape index (κ1) is 10.4. The summed E-state index contributed by atoms with van der Waals surface area (Å²) < 4.78 is 1.84. The third-order valence-electron chi connectivity index (χ3n) is 2.69. The number of azide groups is 1. The van der Waals surface area contributed by atoms with Crippen LogP contribution in [0.25, 0.3) is 27.2 Å². The highest BCUT2D eigenvalue weighted by Gasteiger charge is 2.09. The molecule has 0 radical (unpaired) electrons. The van der Waals surface area contributed by atoms with Gasteiger partial charge in [-0.2, -0.15) is 0 Å². The van der Waals surface area contributed by atoms with E-state index in [9.17, 15) is 0 Å². The molecule has 0 saturated heterocycles.